The fraction of sp³-hybridized carbons (Fsp3) is 0.0870. The smallest absolute Gasteiger partial charge is 0.000520 e. The van der Waals surface area contributed by atoms with Crippen LogP contribution in [0.4, 0.5) is 0 Å². The predicted molar refractivity (Wildman–Crippen MR) is 205 cm³/mol. The van der Waals surface area contributed by atoms with Crippen LogP contribution in [0.15, 0.2) is 182 Å². The fourth-order valence-corrected chi connectivity index (χ4v) is 6.33. The highest BCUT2D eigenvalue weighted by Crippen LogP contribution is 2.50. The number of allylic oxidation sites excluding steroid dienone is 5. The SMILES string of the molecule is C.C.C=C/C=C(\c1ccccc1)c1c(/C(=C(C)/C=C\C)c2ccccc2)c(-c2ccccc2)c2ccccc2c1-c1ccccc1. The largest absolute Gasteiger partial charge is 0.0990 e. The quantitative estimate of drug-likeness (QED) is 0.153. The molecule has 0 unspecified atom stereocenters. The second-order valence-electron chi connectivity index (χ2n) is 10.9. The minimum absolute atomic E-state index is 0. The summed E-state index contributed by atoms with van der Waals surface area (Å²) in [4.78, 5) is 0. The molecule has 6 aromatic carbocycles. The highest BCUT2D eigenvalue weighted by Gasteiger charge is 2.27. The van der Waals surface area contributed by atoms with Gasteiger partial charge in [0.2, 0.25) is 0 Å². The van der Waals surface area contributed by atoms with Gasteiger partial charge in [-0.1, -0.05) is 191 Å². The van der Waals surface area contributed by atoms with Crippen LogP contribution in [0.25, 0.3) is 44.2 Å². The zero-order valence-electron chi connectivity index (χ0n) is 25.4. The normalized spacial score (nSPS) is 11.8. The average Bonchev–Trinajstić information content (AvgIpc) is 3.08. The Kier molecular flexibility index (Phi) is 11.3. The Hall–Kier alpha value is -5.46. The molecule has 0 N–H and O–H groups in total. The molecule has 0 aliphatic carbocycles. The third-order valence-electron chi connectivity index (χ3n) is 8.10. The van der Waals surface area contributed by atoms with Gasteiger partial charge < -0.3 is 0 Å². The maximum absolute atomic E-state index is 4.19. The summed E-state index contributed by atoms with van der Waals surface area (Å²) in [5.74, 6) is 0. The third-order valence-corrected chi connectivity index (χ3v) is 8.10. The number of benzene rings is 6. The van der Waals surface area contributed by atoms with Crippen molar-refractivity contribution in [2.24, 2.45) is 0 Å². The molecule has 0 bridgehead atoms. The highest BCUT2D eigenvalue weighted by molar-refractivity contribution is 6.16. The van der Waals surface area contributed by atoms with Crippen LogP contribution in [0.3, 0.4) is 0 Å². The summed E-state index contributed by atoms with van der Waals surface area (Å²) >= 11 is 0. The van der Waals surface area contributed by atoms with Crippen LogP contribution in [-0.2, 0) is 0 Å². The van der Waals surface area contributed by atoms with Crippen LogP contribution in [-0.4, -0.2) is 0 Å². The molecular weight excluding hydrogens is 553 g/mol. The van der Waals surface area contributed by atoms with Gasteiger partial charge in [-0.15, -0.1) is 0 Å². The van der Waals surface area contributed by atoms with Crippen LogP contribution in [0.5, 0.6) is 0 Å². The molecule has 0 saturated heterocycles. The Bertz CT molecular complexity index is 1990. The van der Waals surface area contributed by atoms with Crippen molar-refractivity contribution in [1.29, 1.82) is 0 Å². The van der Waals surface area contributed by atoms with Gasteiger partial charge in [-0.05, 0) is 85.8 Å². The Labute approximate surface area is 276 Å². The molecule has 0 aliphatic rings. The number of hydrogen-bond donors (Lipinski definition) is 0. The first-order chi connectivity index (χ1) is 21.7. The van der Waals surface area contributed by atoms with Crippen molar-refractivity contribution in [2.75, 3.05) is 0 Å². The summed E-state index contributed by atoms with van der Waals surface area (Å²) < 4.78 is 0. The first-order valence-corrected chi connectivity index (χ1v) is 15.2. The summed E-state index contributed by atoms with van der Waals surface area (Å²) in [6, 6.07) is 52.1. The number of fused-ring (bicyclic) bond motifs is 1. The second kappa shape index (κ2) is 15.5. The van der Waals surface area contributed by atoms with E-state index >= 15 is 0 Å². The minimum Gasteiger partial charge on any atom is -0.0990 e. The second-order valence-corrected chi connectivity index (χ2v) is 10.9. The van der Waals surface area contributed by atoms with E-state index in [1.165, 1.54) is 60.9 Å². The molecule has 0 aromatic heterocycles. The molecule has 0 spiro atoms. The Morgan fingerprint density at radius 2 is 0.935 bits per heavy atom. The van der Waals surface area contributed by atoms with Crippen molar-refractivity contribution in [2.45, 2.75) is 28.7 Å². The predicted octanol–water partition coefficient (Wildman–Crippen LogP) is 13.5. The van der Waals surface area contributed by atoms with Crippen LogP contribution in [0.1, 0.15) is 51.0 Å². The molecule has 0 nitrogen and oxygen atoms in total. The van der Waals surface area contributed by atoms with E-state index in [9.17, 15) is 0 Å². The van der Waals surface area contributed by atoms with E-state index in [4.69, 9.17) is 0 Å². The van der Waals surface area contributed by atoms with Gasteiger partial charge in [0.1, 0.15) is 0 Å². The summed E-state index contributed by atoms with van der Waals surface area (Å²) in [7, 11) is 0. The van der Waals surface area contributed by atoms with E-state index in [2.05, 4.69) is 184 Å². The standard InChI is InChI=1S/C44H36.2CH4/c1-4-20-32(3)40(34-24-12-7-13-25-34)44-42(36-28-16-9-17-29-36)39-31-19-18-30-38(39)41(35-26-14-8-15-27-35)43(44)37(21-5-2)33-22-10-6-11-23-33;;/h4-31H,2H2,1,3H3;2*1H4/b20-4-,37-21+,40-32+;;. The van der Waals surface area contributed by atoms with Crippen LogP contribution in [0.2, 0.25) is 0 Å². The van der Waals surface area contributed by atoms with Crippen LogP contribution in [0, 0.1) is 0 Å². The van der Waals surface area contributed by atoms with Crippen molar-refractivity contribution in [3.05, 3.63) is 204 Å². The first-order valence-electron chi connectivity index (χ1n) is 15.2. The zero-order chi connectivity index (χ0) is 30.3. The third kappa shape index (κ3) is 6.48. The lowest BCUT2D eigenvalue weighted by Crippen LogP contribution is -2.06. The lowest BCUT2D eigenvalue weighted by atomic mass is 9.75. The fourth-order valence-electron chi connectivity index (χ4n) is 6.33. The summed E-state index contributed by atoms with van der Waals surface area (Å²) in [6.07, 6.45) is 8.47. The summed E-state index contributed by atoms with van der Waals surface area (Å²) in [5.41, 5.74) is 13.1. The maximum atomic E-state index is 4.19. The van der Waals surface area contributed by atoms with Gasteiger partial charge in [0.15, 0.2) is 0 Å². The molecule has 0 amide bonds. The summed E-state index contributed by atoms with van der Waals surface area (Å²) in [5, 5.41) is 2.45. The van der Waals surface area contributed by atoms with Crippen LogP contribution < -0.4 is 0 Å². The molecule has 0 fully saturated rings. The van der Waals surface area contributed by atoms with Crippen molar-refractivity contribution in [3.63, 3.8) is 0 Å². The van der Waals surface area contributed by atoms with Crippen LogP contribution >= 0.6 is 0 Å². The van der Waals surface area contributed by atoms with E-state index in [1.807, 2.05) is 6.08 Å². The van der Waals surface area contributed by atoms with Gasteiger partial charge in [-0.2, -0.15) is 0 Å². The monoisotopic (exact) mass is 596 g/mol. The van der Waals surface area contributed by atoms with Crippen molar-refractivity contribution in [3.8, 4) is 22.3 Å². The molecular formula is C46H44. The molecule has 0 heteroatoms. The highest BCUT2D eigenvalue weighted by atomic mass is 14.3. The van der Waals surface area contributed by atoms with Gasteiger partial charge in [0.05, 0.1) is 0 Å². The Morgan fingerprint density at radius 3 is 1.39 bits per heavy atom. The minimum atomic E-state index is 0. The van der Waals surface area contributed by atoms with Gasteiger partial charge in [-0.3, -0.25) is 0 Å². The lowest BCUT2D eigenvalue weighted by Gasteiger charge is -2.28. The molecule has 228 valence electrons. The van der Waals surface area contributed by atoms with E-state index in [0.717, 1.165) is 11.1 Å². The Morgan fingerprint density at radius 1 is 0.522 bits per heavy atom. The summed E-state index contributed by atoms with van der Waals surface area (Å²) in [6.45, 7) is 8.52. The molecule has 0 aliphatic heterocycles. The van der Waals surface area contributed by atoms with E-state index < -0.39 is 0 Å². The average molecular weight is 597 g/mol. The van der Waals surface area contributed by atoms with Gasteiger partial charge in [0.25, 0.3) is 0 Å². The molecule has 6 aromatic rings. The number of hydrogen-bond acceptors (Lipinski definition) is 0. The zero-order valence-corrected chi connectivity index (χ0v) is 25.4. The molecule has 0 saturated carbocycles. The van der Waals surface area contributed by atoms with E-state index in [0.29, 0.717) is 0 Å². The lowest BCUT2D eigenvalue weighted by molar-refractivity contribution is 1.43. The van der Waals surface area contributed by atoms with Gasteiger partial charge in [-0.25, -0.2) is 0 Å². The number of rotatable bonds is 8. The van der Waals surface area contributed by atoms with E-state index in [-0.39, 0.29) is 14.9 Å². The Balaban J connectivity index is 0.00000240. The molecule has 0 radical (unpaired) electrons. The van der Waals surface area contributed by atoms with Crippen molar-refractivity contribution >= 4 is 21.9 Å². The van der Waals surface area contributed by atoms with Gasteiger partial charge >= 0.3 is 0 Å². The van der Waals surface area contributed by atoms with Gasteiger partial charge in [0, 0.05) is 0 Å². The van der Waals surface area contributed by atoms with Crippen molar-refractivity contribution in [1.82, 2.24) is 0 Å². The molecule has 0 atom stereocenters. The first kappa shape index (κ1) is 33.4. The molecule has 6 rings (SSSR count). The molecule has 46 heavy (non-hydrogen) atoms. The molecule has 0 heterocycles. The maximum Gasteiger partial charge on any atom is -0.000520 e. The van der Waals surface area contributed by atoms with E-state index in [1.54, 1.807) is 0 Å². The topological polar surface area (TPSA) is 0 Å². The van der Waals surface area contributed by atoms with Crippen molar-refractivity contribution < 1.29 is 0 Å².